The summed E-state index contributed by atoms with van der Waals surface area (Å²) in [5.41, 5.74) is 2.29. The summed E-state index contributed by atoms with van der Waals surface area (Å²) in [6.07, 6.45) is 3.29. The zero-order chi connectivity index (χ0) is 9.52. The van der Waals surface area contributed by atoms with Crippen molar-refractivity contribution in [3.05, 3.63) is 41.5 Å². The standard InChI is InChI=1S/C11H12N2/c1-13-9-11-5-2-4-10(8-11)6-3-7-12/h2-6,8,13H,9H2,1H3. The molecule has 0 saturated heterocycles. The van der Waals surface area contributed by atoms with Gasteiger partial charge in [-0.05, 0) is 24.3 Å². The van der Waals surface area contributed by atoms with Crippen LogP contribution in [0.5, 0.6) is 0 Å². The van der Waals surface area contributed by atoms with E-state index < -0.39 is 0 Å². The molecule has 0 amide bonds. The maximum atomic E-state index is 8.35. The number of nitriles is 1. The van der Waals surface area contributed by atoms with E-state index in [0.29, 0.717) is 0 Å². The molecule has 66 valence electrons. The largest absolute Gasteiger partial charge is 0.316 e. The SMILES string of the molecule is CNCc1cccc(C=CC#N)c1. The Balaban J connectivity index is 2.80. The summed E-state index contributed by atoms with van der Waals surface area (Å²) in [6, 6.07) is 10.1. The molecule has 0 fully saturated rings. The van der Waals surface area contributed by atoms with Crippen LogP contribution in [-0.4, -0.2) is 7.05 Å². The summed E-state index contributed by atoms with van der Waals surface area (Å²) in [6.45, 7) is 0.855. The molecule has 0 aliphatic carbocycles. The van der Waals surface area contributed by atoms with Crippen molar-refractivity contribution < 1.29 is 0 Å². The van der Waals surface area contributed by atoms with E-state index in [1.54, 1.807) is 6.08 Å². The molecule has 1 rings (SSSR count). The van der Waals surface area contributed by atoms with Gasteiger partial charge in [0, 0.05) is 12.6 Å². The molecular weight excluding hydrogens is 160 g/mol. The van der Waals surface area contributed by atoms with Gasteiger partial charge in [0.25, 0.3) is 0 Å². The Labute approximate surface area is 78.5 Å². The van der Waals surface area contributed by atoms with Crippen molar-refractivity contribution >= 4 is 6.08 Å². The lowest BCUT2D eigenvalue weighted by molar-refractivity contribution is 0.818. The van der Waals surface area contributed by atoms with Crippen LogP contribution in [0.2, 0.25) is 0 Å². The first-order valence-corrected chi connectivity index (χ1v) is 4.16. The van der Waals surface area contributed by atoms with Gasteiger partial charge in [-0.15, -0.1) is 0 Å². The van der Waals surface area contributed by atoms with Crippen molar-refractivity contribution in [2.45, 2.75) is 6.54 Å². The minimum absolute atomic E-state index is 0.855. The van der Waals surface area contributed by atoms with Gasteiger partial charge in [0.15, 0.2) is 0 Å². The molecule has 0 heterocycles. The third kappa shape index (κ3) is 3.10. The molecule has 1 aromatic rings. The zero-order valence-electron chi connectivity index (χ0n) is 7.62. The van der Waals surface area contributed by atoms with Crippen LogP contribution in [0, 0.1) is 11.3 Å². The first-order chi connectivity index (χ1) is 6.36. The van der Waals surface area contributed by atoms with Gasteiger partial charge in [-0.1, -0.05) is 24.3 Å². The Morgan fingerprint density at radius 3 is 3.08 bits per heavy atom. The molecule has 1 N–H and O–H groups in total. The smallest absolute Gasteiger partial charge is 0.0912 e. The minimum atomic E-state index is 0.855. The molecule has 0 aliphatic heterocycles. The maximum absolute atomic E-state index is 8.35. The monoisotopic (exact) mass is 172 g/mol. The highest BCUT2D eigenvalue weighted by Gasteiger charge is 1.90. The van der Waals surface area contributed by atoms with Crippen molar-refractivity contribution in [2.24, 2.45) is 0 Å². The highest BCUT2D eigenvalue weighted by molar-refractivity contribution is 5.52. The Kier molecular flexibility index (Phi) is 3.74. The third-order valence-corrected chi connectivity index (χ3v) is 1.68. The summed E-state index contributed by atoms with van der Waals surface area (Å²) in [5.74, 6) is 0. The van der Waals surface area contributed by atoms with Crippen molar-refractivity contribution in [1.82, 2.24) is 5.32 Å². The summed E-state index contributed by atoms with van der Waals surface area (Å²) in [5, 5.41) is 11.4. The Morgan fingerprint density at radius 2 is 2.38 bits per heavy atom. The summed E-state index contributed by atoms with van der Waals surface area (Å²) < 4.78 is 0. The van der Waals surface area contributed by atoms with E-state index in [9.17, 15) is 0 Å². The van der Waals surface area contributed by atoms with Crippen LogP contribution in [0.25, 0.3) is 6.08 Å². The average Bonchev–Trinajstić information content (AvgIpc) is 2.16. The van der Waals surface area contributed by atoms with Gasteiger partial charge >= 0.3 is 0 Å². The fourth-order valence-electron chi connectivity index (χ4n) is 1.14. The second-order valence-electron chi connectivity index (χ2n) is 2.74. The molecule has 2 heteroatoms. The number of hydrogen-bond donors (Lipinski definition) is 1. The normalized spacial score (nSPS) is 10.2. The van der Waals surface area contributed by atoms with Crippen LogP contribution < -0.4 is 5.32 Å². The van der Waals surface area contributed by atoms with E-state index in [4.69, 9.17) is 5.26 Å². The third-order valence-electron chi connectivity index (χ3n) is 1.68. The van der Waals surface area contributed by atoms with Gasteiger partial charge < -0.3 is 5.32 Å². The summed E-state index contributed by atoms with van der Waals surface area (Å²) >= 11 is 0. The first-order valence-electron chi connectivity index (χ1n) is 4.16. The molecule has 0 saturated carbocycles. The average molecular weight is 172 g/mol. The van der Waals surface area contributed by atoms with Gasteiger partial charge in [-0.25, -0.2) is 0 Å². The van der Waals surface area contributed by atoms with Crippen LogP contribution in [0.3, 0.4) is 0 Å². The maximum Gasteiger partial charge on any atom is 0.0912 e. The second-order valence-corrected chi connectivity index (χ2v) is 2.74. The van der Waals surface area contributed by atoms with Gasteiger partial charge in [0.2, 0.25) is 0 Å². The predicted molar refractivity (Wildman–Crippen MR) is 53.9 cm³/mol. The molecule has 0 aliphatic rings. The quantitative estimate of drug-likeness (QED) is 0.707. The van der Waals surface area contributed by atoms with Crippen molar-refractivity contribution in [1.29, 1.82) is 5.26 Å². The minimum Gasteiger partial charge on any atom is -0.316 e. The number of nitrogens with one attached hydrogen (secondary N) is 1. The second kappa shape index (κ2) is 5.13. The highest BCUT2D eigenvalue weighted by Crippen LogP contribution is 2.06. The van der Waals surface area contributed by atoms with Crippen molar-refractivity contribution in [3.63, 3.8) is 0 Å². The van der Waals surface area contributed by atoms with E-state index in [1.165, 1.54) is 11.6 Å². The highest BCUT2D eigenvalue weighted by atomic mass is 14.8. The van der Waals surface area contributed by atoms with Gasteiger partial charge in [-0.3, -0.25) is 0 Å². The van der Waals surface area contributed by atoms with E-state index in [-0.39, 0.29) is 0 Å². The molecule has 1 aromatic carbocycles. The Hall–Kier alpha value is -1.59. The van der Waals surface area contributed by atoms with E-state index in [1.807, 2.05) is 25.2 Å². The molecule has 0 bridgehead atoms. The Bertz CT molecular complexity index is 334. The number of rotatable bonds is 3. The fraction of sp³-hybridized carbons (Fsp3) is 0.182. The fourth-order valence-corrected chi connectivity index (χ4v) is 1.14. The van der Waals surface area contributed by atoms with E-state index in [2.05, 4.69) is 17.4 Å². The molecule has 0 aromatic heterocycles. The lowest BCUT2D eigenvalue weighted by Crippen LogP contribution is -2.04. The van der Waals surface area contributed by atoms with Crippen LogP contribution in [-0.2, 0) is 6.54 Å². The number of benzene rings is 1. The topological polar surface area (TPSA) is 35.8 Å². The number of allylic oxidation sites excluding steroid dienone is 1. The lowest BCUT2D eigenvalue weighted by atomic mass is 10.1. The predicted octanol–water partition coefficient (Wildman–Crippen LogP) is 1.94. The zero-order valence-corrected chi connectivity index (χ0v) is 7.62. The lowest BCUT2D eigenvalue weighted by Gasteiger charge is -2.00. The van der Waals surface area contributed by atoms with E-state index in [0.717, 1.165) is 12.1 Å². The first kappa shape index (κ1) is 9.50. The molecule has 0 atom stereocenters. The van der Waals surface area contributed by atoms with E-state index >= 15 is 0 Å². The molecular formula is C11H12N2. The number of nitrogens with zero attached hydrogens (tertiary/aromatic N) is 1. The number of hydrogen-bond acceptors (Lipinski definition) is 2. The van der Waals surface area contributed by atoms with Crippen molar-refractivity contribution in [2.75, 3.05) is 7.05 Å². The molecule has 13 heavy (non-hydrogen) atoms. The summed E-state index contributed by atoms with van der Waals surface area (Å²) in [4.78, 5) is 0. The molecule has 0 radical (unpaired) electrons. The van der Waals surface area contributed by atoms with Crippen LogP contribution in [0.1, 0.15) is 11.1 Å². The van der Waals surface area contributed by atoms with Crippen LogP contribution in [0.4, 0.5) is 0 Å². The Morgan fingerprint density at radius 1 is 1.54 bits per heavy atom. The van der Waals surface area contributed by atoms with Gasteiger partial charge in [-0.2, -0.15) is 5.26 Å². The van der Waals surface area contributed by atoms with Gasteiger partial charge in [0.05, 0.1) is 6.07 Å². The molecule has 2 nitrogen and oxygen atoms in total. The van der Waals surface area contributed by atoms with Crippen molar-refractivity contribution in [3.8, 4) is 6.07 Å². The van der Waals surface area contributed by atoms with Crippen LogP contribution >= 0.6 is 0 Å². The molecule has 0 spiro atoms. The van der Waals surface area contributed by atoms with Gasteiger partial charge in [0.1, 0.15) is 0 Å². The molecule has 0 unspecified atom stereocenters. The van der Waals surface area contributed by atoms with Crippen LogP contribution in [0.15, 0.2) is 30.3 Å². The summed E-state index contributed by atoms with van der Waals surface area (Å²) in [7, 11) is 1.91.